The molecule has 0 saturated heterocycles. The Morgan fingerprint density at radius 1 is 1.39 bits per heavy atom. The van der Waals surface area contributed by atoms with Crippen molar-refractivity contribution in [1.82, 2.24) is 4.98 Å². The van der Waals surface area contributed by atoms with Gasteiger partial charge in [0.15, 0.2) is 5.82 Å². The van der Waals surface area contributed by atoms with Gasteiger partial charge in [-0.2, -0.15) is 0 Å². The summed E-state index contributed by atoms with van der Waals surface area (Å²) < 4.78 is 13.3. The monoisotopic (exact) mass is 252 g/mol. The van der Waals surface area contributed by atoms with Crippen LogP contribution >= 0.6 is 0 Å². The van der Waals surface area contributed by atoms with Crippen LogP contribution in [0, 0.1) is 17.7 Å². The molecule has 2 N–H and O–H groups in total. The molecule has 0 spiro atoms. The average molecular weight is 252 g/mol. The lowest BCUT2D eigenvalue weighted by Gasteiger charge is -2.11. The van der Waals surface area contributed by atoms with Crippen LogP contribution in [0.3, 0.4) is 0 Å². The summed E-state index contributed by atoms with van der Waals surface area (Å²) in [5, 5.41) is 11.3. The minimum absolute atomic E-state index is 0.0776. The lowest BCUT2D eigenvalue weighted by atomic mass is 10.0. The third-order valence-electron chi connectivity index (χ3n) is 3.18. The lowest BCUT2D eigenvalue weighted by Crippen LogP contribution is -2.22. The maximum atomic E-state index is 13.3. The molecule has 1 aromatic rings. The van der Waals surface area contributed by atoms with Crippen LogP contribution in [0.15, 0.2) is 18.5 Å². The summed E-state index contributed by atoms with van der Waals surface area (Å²) in [7, 11) is 0. The first-order valence-corrected chi connectivity index (χ1v) is 5.71. The normalized spacial score (nSPS) is 22.7. The van der Waals surface area contributed by atoms with Gasteiger partial charge in [0.1, 0.15) is 0 Å². The van der Waals surface area contributed by atoms with E-state index in [1.54, 1.807) is 0 Å². The number of carboxylic acid groups (broad SMARTS) is 1. The second-order valence-corrected chi connectivity index (χ2v) is 4.39. The van der Waals surface area contributed by atoms with Crippen molar-refractivity contribution in [2.75, 3.05) is 5.32 Å². The molecule has 18 heavy (non-hydrogen) atoms. The number of carbonyl (C=O) groups is 2. The molecule has 1 aliphatic rings. The van der Waals surface area contributed by atoms with Crippen molar-refractivity contribution in [1.29, 1.82) is 0 Å². The van der Waals surface area contributed by atoms with E-state index in [9.17, 15) is 14.0 Å². The molecule has 1 amide bonds. The van der Waals surface area contributed by atoms with Gasteiger partial charge in [0.25, 0.3) is 0 Å². The fourth-order valence-corrected chi connectivity index (χ4v) is 2.16. The highest BCUT2D eigenvalue weighted by molar-refractivity contribution is 5.93. The Balaban J connectivity index is 1.98. The van der Waals surface area contributed by atoms with Crippen LogP contribution in [-0.2, 0) is 9.59 Å². The van der Waals surface area contributed by atoms with E-state index in [2.05, 4.69) is 10.3 Å². The van der Waals surface area contributed by atoms with Gasteiger partial charge in [-0.3, -0.25) is 14.6 Å². The van der Waals surface area contributed by atoms with Gasteiger partial charge >= 0.3 is 5.97 Å². The number of aromatic nitrogens is 1. The molecule has 0 radical (unpaired) electrons. The number of nitrogens with zero attached hydrogens (tertiary/aromatic N) is 1. The first kappa shape index (κ1) is 12.5. The molecule has 1 saturated carbocycles. The number of hydrogen-bond acceptors (Lipinski definition) is 3. The third kappa shape index (κ3) is 2.64. The highest BCUT2D eigenvalue weighted by Crippen LogP contribution is 2.32. The van der Waals surface area contributed by atoms with E-state index in [-0.39, 0.29) is 17.5 Å². The Morgan fingerprint density at radius 2 is 2.11 bits per heavy atom. The van der Waals surface area contributed by atoms with Crippen molar-refractivity contribution < 1.29 is 19.1 Å². The van der Waals surface area contributed by atoms with E-state index in [1.807, 2.05) is 0 Å². The summed E-state index contributed by atoms with van der Waals surface area (Å²) in [6, 6.07) is 1.37. The smallest absolute Gasteiger partial charge is 0.306 e. The molecule has 0 aliphatic heterocycles. The minimum atomic E-state index is -0.875. The van der Waals surface area contributed by atoms with Crippen molar-refractivity contribution >= 4 is 17.6 Å². The second-order valence-electron chi connectivity index (χ2n) is 4.39. The largest absolute Gasteiger partial charge is 0.481 e. The summed E-state index contributed by atoms with van der Waals surface area (Å²) >= 11 is 0. The highest BCUT2D eigenvalue weighted by Gasteiger charge is 2.33. The topological polar surface area (TPSA) is 79.3 Å². The quantitative estimate of drug-likeness (QED) is 0.857. The molecule has 0 aromatic carbocycles. The van der Waals surface area contributed by atoms with Crippen LogP contribution in [0.5, 0.6) is 0 Å². The number of halogens is 1. The number of hydrogen-bond donors (Lipinski definition) is 2. The molecule has 1 fully saturated rings. The number of anilines is 1. The molecule has 2 rings (SSSR count). The van der Waals surface area contributed by atoms with Crippen LogP contribution in [0.25, 0.3) is 0 Å². The number of nitrogens with one attached hydrogen (secondary N) is 1. The molecule has 1 aromatic heterocycles. The van der Waals surface area contributed by atoms with Gasteiger partial charge in [-0.15, -0.1) is 0 Å². The molecule has 2 atom stereocenters. The first-order valence-electron chi connectivity index (χ1n) is 5.71. The van der Waals surface area contributed by atoms with Crippen LogP contribution in [0.2, 0.25) is 0 Å². The van der Waals surface area contributed by atoms with Gasteiger partial charge in [0.05, 0.1) is 17.8 Å². The van der Waals surface area contributed by atoms with Crippen molar-refractivity contribution in [2.24, 2.45) is 11.8 Å². The molecular weight excluding hydrogens is 239 g/mol. The number of aliphatic carboxylic acids is 1. The summed E-state index contributed by atoms with van der Waals surface area (Å²) in [5.41, 5.74) is 0.0776. The molecule has 1 aliphatic carbocycles. The standard InChI is InChI=1S/C12H13FN2O3/c13-9-6-14-4-3-10(9)15-11(16)7-1-2-8(5-7)12(17)18/h3-4,6-8H,1-2,5H2,(H,17,18)(H,14,15,16)/t7-,8+/m1/s1. The van der Waals surface area contributed by atoms with E-state index >= 15 is 0 Å². The predicted molar refractivity (Wildman–Crippen MR) is 61.3 cm³/mol. The number of amides is 1. The molecule has 0 bridgehead atoms. The van der Waals surface area contributed by atoms with E-state index in [4.69, 9.17) is 5.11 Å². The van der Waals surface area contributed by atoms with Crippen molar-refractivity contribution in [3.8, 4) is 0 Å². The fraction of sp³-hybridized carbons (Fsp3) is 0.417. The molecule has 0 unspecified atom stereocenters. The van der Waals surface area contributed by atoms with E-state index in [1.165, 1.54) is 12.3 Å². The molecule has 6 heteroatoms. The molecule has 1 heterocycles. The van der Waals surface area contributed by atoms with Crippen molar-refractivity contribution in [2.45, 2.75) is 19.3 Å². The predicted octanol–water partition coefficient (Wildman–Crippen LogP) is 1.66. The Labute approximate surface area is 103 Å². The van der Waals surface area contributed by atoms with Crippen LogP contribution in [0.1, 0.15) is 19.3 Å². The molecule has 5 nitrogen and oxygen atoms in total. The van der Waals surface area contributed by atoms with Gasteiger partial charge in [0.2, 0.25) is 5.91 Å². The summed E-state index contributed by atoms with van der Waals surface area (Å²) in [6.45, 7) is 0. The summed E-state index contributed by atoms with van der Waals surface area (Å²) in [6.07, 6.45) is 3.73. The van der Waals surface area contributed by atoms with Gasteiger partial charge in [-0.05, 0) is 25.3 Å². The third-order valence-corrected chi connectivity index (χ3v) is 3.18. The second kappa shape index (κ2) is 5.12. The van der Waals surface area contributed by atoms with E-state index < -0.39 is 17.7 Å². The maximum Gasteiger partial charge on any atom is 0.306 e. The van der Waals surface area contributed by atoms with Crippen molar-refractivity contribution in [3.05, 3.63) is 24.3 Å². The SMILES string of the molecule is O=C(O)[C@H]1CC[C@@H](C(=O)Nc2ccncc2F)C1. The Bertz CT molecular complexity index is 478. The number of carbonyl (C=O) groups excluding carboxylic acids is 1. The van der Waals surface area contributed by atoms with Gasteiger partial charge in [0, 0.05) is 12.1 Å². The van der Waals surface area contributed by atoms with E-state index in [0.29, 0.717) is 19.3 Å². The minimum Gasteiger partial charge on any atom is -0.481 e. The van der Waals surface area contributed by atoms with Gasteiger partial charge < -0.3 is 10.4 Å². The van der Waals surface area contributed by atoms with Crippen LogP contribution in [-0.4, -0.2) is 22.0 Å². The molecule has 96 valence electrons. The van der Waals surface area contributed by atoms with Crippen molar-refractivity contribution in [3.63, 3.8) is 0 Å². The Morgan fingerprint density at radius 3 is 2.72 bits per heavy atom. The zero-order valence-corrected chi connectivity index (χ0v) is 9.60. The first-order chi connectivity index (χ1) is 8.58. The maximum absolute atomic E-state index is 13.3. The van der Waals surface area contributed by atoms with Gasteiger partial charge in [-0.25, -0.2) is 4.39 Å². The number of rotatable bonds is 3. The Kier molecular flexibility index (Phi) is 3.55. The lowest BCUT2D eigenvalue weighted by molar-refractivity contribution is -0.141. The zero-order valence-electron chi connectivity index (χ0n) is 9.60. The van der Waals surface area contributed by atoms with Crippen LogP contribution < -0.4 is 5.32 Å². The Hall–Kier alpha value is -1.98. The van der Waals surface area contributed by atoms with Gasteiger partial charge in [-0.1, -0.05) is 0 Å². The summed E-state index contributed by atoms with van der Waals surface area (Å²) in [5.74, 6) is -2.63. The highest BCUT2D eigenvalue weighted by atomic mass is 19.1. The molecular formula is C12H13FN2O3. The fourth-order valence-electron chi connectivity index (χ4n) is 2.16. The summed E-state index contributed by atoms with van der Waals surface area (Å²) in [4.78, 5) is 26.2. The number of pyridine rings is 1. The average Bonchev–Trinajstić information content (AvgIpc) is 2.81. The zero-order chi connectivity index (χ0) is 13.1. The van der Waals surface area contributed by atoms with Crippen LogP contribution in [0.4, 0.5) is 10.1 Å². The van der Waals surface area contributed by atoms with E-state index in [0.717, 1.165) is 6.20 Å². The number of carboxylic acids is 1.